The molecule has 5 heteroatoms. The first-order valence-electron chi connectivity index (χ1n) is 15.3. The predicted molar refractivity (Wildman–Crippen MR) is 161 cm³/mol. The maximum Gasteiger partial charge on any atom is 0.201 e. The third-order valence-electron chi connectivity index (χ3n) is 8.20. The summed E-state index contributed by atoms with van der Waals surface area (Å²) in [5, 5.41) is 0. The minimum atomic E-state index is -1.02. The van der Waals surface area contributed by atoms with Crippen molar-refractivity contribution in [1.82, 2.24) is 0 Å². The number of rotatable bonds is 14. The number of ether oxygens (including phenoxy) is 1. The highest BCUT2D eigenvalue weighted by Crippen LogP contribution is 2.37. The topological polar surface area (TPSA) is 9.23 Å². The van der Waals surface area contributed by atoms with Gasteiger partial charge >= 0.3 is 0 Å². The highest BCUT2D eigenvalue weighted by atomic mass is 19.2. The van der Waals surface area contributed by atoms with Gasteiger partial charge in [0.2, 0.25) is 5.82 Å². The Balaban J connectivity index is 1.41. The maximum absolute atomic E-state index is 15.2. The summed E-state index contributed by atoms with van der Waals surface area (Å²) < 4.78 is 65.5. The van der Waals surface area contributed by atoms with E-state index in [1.54, 1.807) is 36.4 Å². The third kappa shape index (κ3) is 7.81. The van der Waals surface area contributed by atoms with E-state index >= 15 is 8.78 Å². The molecule has 0 fully saturated rings. The van der Waals surface area contributed by atoms with Crippen molar-refractivity contribution in [3.8, 4) is 28.0 Å². The van der Waals surface area contributed by atoms with Gasteiger partial charge in [-0.25, -0.2) is 13.2 Å². The average molecular weight is 567 g/mol. The Hall–Kier alpha value is -3.08. The van der Waals surface area contributed by atoms with E-state index in [1.807, 2.05) is 0 Å². The van der Waals surface area contributed by atoms with Crippen LogP contribution < -0.4 is 4.74 Å². The lowest BCUT2D eigenvalue weighted by Gasteiger charge is -2.22. The molecule has 0 bridgehead atoms. The molecule has 1 aliphatic rings. The van der Waals surface area contributed by atoms with E-state index in [0.29, 0.717) is 29.2 Å². The number of benzene rings is 3. The van der Waals surface area contributed by atoms with E-state index in [4.69, 9.17) is 4.74 Å². The van der Waals surface area contributed by atoms with Gasteiger partial charge in [0.25, 0.3) is 0 Å². The van der Waals surface area contributed by atoms with Gasteiger partial charge in [0.1, 0.15) is 0 Å². The average Bonchev–Trinajstić information content (AvgIpc) is 2.99. The fourth-order valence-corrected chi connectivity index (χ4v) is 5.76. The third-order valence-corrected chi connectivity index (χ3v) is 8.20. The zero-order chi connectivity index (χ0) is 29.2. The molecule has 1 nitrogen and oxygen atoms in total. The molecule has 0 amide bonds. The Labute approximate surface area is 242 Å². The van der Waals surface area contributed by atoms with Crippen LogP contribution in [0.5, 0.6) is 5.75 Å². The van der Waals surface area contributed by atoms with Crippen LogP contribution in [0.25, 0.3) is 27.8 Å². The standard InChI is InChI=1S/C36H42F4O/c1-3-5-6-7-8-9-10-24-41-32-23-22-31(35(39)36(32)40)28-18-16-27(17-19-28)30-21-20-29(33(37)34(30)38)26-14-12-25(11-4-2)13-15-26/h14,16-23,25H,3-13,15,24H2,1-2H3. The van der Waals surface area contributed by atoms with Crippen LogP contribution in [0.15, 0.2) is 54.6 Å². The molecule has 0 heterocycles. The summed E-state index contributed by atoms with van der Waals surface area (Å²) in [6.07, 6.45) is 14.8. The first-order chi connectivity index (χ1) is 19.9. The van der Waals surface area contributed by atoms with Gasteiger partial charge in [0.05, 0.1) is 6.61 Å². The monoisotopic (exact) mass is 566 g/mol. The molecule has 3 aromatic rings. The predicted octanol–water partition coefficient (Wildman–Crippen LogP) is 11.7. The van der Waals surface area contributed by atoms with Gasteiger partial charge in [0.15, 0.2) is 23.2 Å². The van der Waals surface area contributed by atoms with Crippen LogP contribution in [0.1, 0.15) is 96.5 Å². The van der Waals surface area contributed by atoms with E-state index in [2.05, 4.69) is 19.9 Å². The van der Waals surface area contributed by atoms with Crippen molar-refractivity contribution < 1.29 is 22.3 Å². The molecule has 0 radical (unpaired) electrons. The smallest absolute Gasteiger partial charge is 0.201 e. The minimum Gasteiger partial charge on any atom is -0.490 e. The van der Waals surface area contributed by atoms with Gasteiger partial charge < -0.3 is 4.74 Å². The molecule has 41 heavy (non-hydrogen) atoms. The Morgan fingerprint density at radius 2 is 1.20 bits per heavy atom. The number of allylic oxidation sites excluding steroid dienone is 2. The fraction of sp³-hybridized carbons (Fsp3) is 0.444. The van der Waals surface area contributed by atoms with Crippen molar-refractivity contribution >= 4 is 5.57 Å². The van der Waals surface area contributed by atoms with E-state index < -0.39 is 23.3 Å². The number of halogens is 4. The molecule has 4 rings (SSSR count). The highest BCUT2D eigenvalue weighted by Gasteiger charge is 2.21. The molecule has 3 aromatic carbocycles. The van der Waals surface area contributed by atoms with Crippen LogP contribution in [-0.4, -0.2) is 6.61 Å². The lowest BCUT2D eigenvalue weighted by molar-refractivity contribution is 0.285. The summed E-state index contributed by atoms with van der Waals surface area (Å²) in [6, 6.07) is 12.6. The molecule has 0 N–H and O–H groups in total. The van der Waals surface area contributed by atoms with E-state index in [1.165, 1.54) is 37.8 Å². The Morgan fingerprint density at radius 1 is 0.634 bits per heavy atom. The van der Waals surface area contributed by atoms with Crippen LogP contribution in [0.3, 0.4) is 0 Å². The molecule has 0 aliphatic heterocycles. The molecule has 0 aromatic heterocycles. The van der Waals surface area contributed by atoms with Gasteiger partial charge in [-0.1, -0.05) is 108 Å². The molecule has 0 spiro atoms. The second-order valence-electron chi connectivity index (χ2n) is 11.2. The van der Waals surface area contributed by atoms with Crippen LogP contribution in [0, 0.1) is 29.2 Å². The quantitative estimate of drug-likeness (QED) is 0.139. The highest BCUT2D eigenvalue weighted by molar-refractivity contribution is 5.74. The summed E-state index contributed by atoms with van der Waals surface area (Å²) in [5.74, 6) is -3.22. The van der Waals surface area contributed by atoms with Crippen molar-refractivity contribution in [2.75, 3.05) is 6.61 Å². The second-order valence-corrected chi connectivity index (χ2v) is 11.2. The van der Waals surface area contributed by atoms with Crippen molar-refractivity contribution in [3.63, 3.8) is 0 Å². The number of hydrogen-bond donors (Lipinski definition) is 0. The summed E-state index contributed by atoms with van der Waals surface area (Å²) in [4.78, 5) is 0. The van der Waals surface area contributed by atoms with Crippen molar-refractivity contribution in [2.24, 2.45) is 5.92 Å². The molecule has 0 saturated carbocycles. The van der Waals surface area contributed by atoms with Crippen LogP contribution in [0.4, 0.5) is 17.6 Å². The zero-order valence-corrected chi connectivity index (χ0v) is 24.4. The molecule has 1 aliphatic carbocycles. The summed E-state index contributed by atoms with van der Waals surface area (Å²) in [5.41, 5.74) is 2.32. The summed E-state index contributed by atoms with van der Waals surface area (Å²) in [7, 11) is 0. The lowest BCUT2D eigenvalue weighted by Crippen LogP contribution is -2.06. The molecule has 0 saturated heterocycles. The summed E-state index contributed by atoms with van der Waals surface area (Å²) >= 11 is 0. The Bertz CT molecular complexity index is 1310. The van der Waals surface area contributed by atoms with E-state index in [0.717, 1.165) is 56.9 Å². The first-order valence-corrected chi connectivity index (χ1v) is 15.3. The van der Waals surface area contributed by atoms with Crippen molar-refractivity contribution in [3.05, 3.63) is 83.4 Å². The number of hydrogen-bond acceptors (Lipinski definition) is 1. The first kappa shape index (κ1) is 30.9. The van der Waals surface area contributed by atoms with Crippen molar-refractivity contribution in [2.45, 2.75) is 90.9 Å². The largest absolute Gasteiger partial charge is 0.490 e. The van der Waals surface area contributed by atoms with E-state index in [-0.39, 0.29) is 16.9 Å². The van der Waals surface area contributed by atoms with Crippen LogP contribution in [0.2, 0.25) is 0 Å². The summed E-state index contributed by atoms with van der Waals surface area (Å²) in [6.45, 7) is 4.69. The molecular weight excluding hydrogens is 524 g/mol. The van der Waals surface area contributed by atoms with Crippen molar-refractivity contribution in [1.29, 1.82) is 0 Å². The number of unbranched alkanes of at least 4 members (excludes halogenated alkanes) is 6. The molecule has 1 unspecified atom stereocenters. The maximum atomic E-state index is 15.2. The Morgan fingerprint density at radius 3 is 1.80 bits per heavy atom. The SMILES string of the molecule is CCCCCCCCCOc1ccc(-c2ccc(-c3ccc(C4=CCC(CCC)CC4)c(F)c3F)cc2)c(F)c1F. The van der Waals surface area contributed by atoms with Gasteiger partial charge in [0, 0.05) is 16.7 Å². The van der Waals surface area contributed by atoms with Gasteiger partial charge in [-0.2, -0.15) is 4.39 Å². The minimum absolute atomic E-state index is 0.0879. The fourth-order valence-electron chi connectivity index (χ4n) is 5.76. The van der Waals surface area contributed by atoms with Gasteiger partial charge in [-0.05, 0) is 60.4 Å². The zero-order valence-electron chi connectivity index (χ0n) is 24.4. The second kappa shape index (κ2) is 15.2. The van der Waals surface area contributed by atoms with Gasteiger partial charge in [-0.3, -0.25) is 0 Å². The van der Waals surface area contributed by atoms with Crippen LogP contribution >= 0.6 is 0 Å². The molecule has 1 atom stereocenters. The van der Waals surface area contributed by atoms with Gasteiger partial charge in [-0.15, -0.1) is 0 Å². The Kier molecular flexibility index (Phi) is 11.5. The molecule has 220 valence electrons. The molecular formula is C36H42F4O. The van der Waals surface area contributed by atoms with E-state index in [9.17, 15) is 8.78 Å². The lowest BCUT2D eigenvalue weighted by atomic mass is 9.84. The van der Waals surface area contributed by atoms with Crippen LogP contribution in [-0.2, 0) is 0 Å². The normalized spacial score (nSPS) is 15.2.